The summed E-state index contributed by atoms with van der Waals surface area (Å²) in [5.41, 5.74) is 2.06. The molecule has 0 unspecified atom stereocenters. The summed E-state index contributed by atoms with van der Waals surface area (Å²) in [5, 5.41) is 0.687. The lowest BCUT2D eigenvalue weighted by molar-refractivity contribution is 1.24. The van der Waals surface area contributed by atoms with Crippen LogP contribution in [-0.4, -0.2) is 0 Å². The van der Waals surface area contributed by atoms with Crippen LogP contribution in [0.4, 0.5) is 0 Å². The number of hydrogen-bond donors (Lipinski definition) is 0. The highest BCUT2D eigenvalue weighted by Gasteiger charge is 2.01. The van der Waals surface area contributed by atoms with Crippen LogP contribution >= 0.6 is 11.6 Å². The first-order valence-electron chi connectivity index (χ1n) is 3.32. The van der Waals surface area contributed by atoms with Crippen molar-refractivity contribution >= 4 is 11.6 Å². The Kier molecular flexibility index (Phi) is 2.51. The van der Waals surface area contributed by atoms with Crippen molar-refractivity contribution in [1.29, 1.82) is 0 Å². The molecule has 0 aliphatic rings. The number of nitrogens with zero attached hydrogens (tertiary/aromatic N) is 1. The van der Waals surface area contributed by atoms with Crippen molar-refractivity contribution in [2.24, 2.45) is 0 Å². The molecule has 0 heterocycles. The molecule has 2 heteroatoms. The maximum absolute atomic E-state index is 6.67. The number of hydrogen-bond acceptors (Lipinski definition) is 0. The molecular weight excluding hydrogens is 158 g/mol. The van der Waals surface area contributed by atoms with Crippen molar-refractivity contribution in [2.45, 2.75) is 13.5 Å². The van der Waals surface area contributed by atoms with E-state index in [1.165, 1.54) is 0 Å². The van der Waals surface area contributed by atoms with E-state index in [1.54, 1.807) is 0 Å². The van der Waals surface area contributed by atoms with Gasteiger partial charge in [-0.3, -0.25) is 0 Å². The summed E-state index contributed by atoms with van der Waals surface area (Å²) in [6, 6.07) is 5.72. The fourth-order valence-electron chi connectivity index (χ4n) is 0.910. The predicted octanol–water partition coefficient (Wildman–Crippen LogP) is 3.07. The summed E-state index contributed by atoms with van der Waals surface area (Å²) in [6.45, 7) is 9.04. The van der Waals surface area contributed by atoms with Crippen LogP contribution in [0.1, 0.15) is 11.1 Å². The van der Waals surface area contributed by atoms with Gasteiger partial charge in [0.15, 0.2) is 0 Å². The van der Waals surface area contributed by atoms with Crippen molar-refractivity contribution < 1.29 is 0 Å². The fourth-order valence-corrected chi connectivity index (χ4v) is 1.09. The van der Waals surface area contributed by atoms with Gasteiger partial charge in [-0.05, 0) is 19.1 Å². The van der Waals surface area contributed by atoms with Crippen LogP contribution in [0.15, 0.2) is 18.2 Å². The molecule has 0 N–H and O–H groups in total. The number of halogens is 1. The van der Waals surface area contributed by atoms with Gasteiger partial charge in [-0.1, -0.05) is 23.2 Å². The number of aryl methyl sites for hydroxylation is 1. The zero-order valence-electron chi connectivity index (χ0n) is 6.26. The summed E-state index contributed by atoms with van der Waals surface area (Å²) in [5.74, 6) is 0. The van der Waals surface area contributed by atoms with E-state index in [-0.39, 0.29) is 0 Å². The molecule has 56 valence electrons. The molecule has 1 aromatic rings. The Morgan fingerprint density at radius 3 is 2.91 bits per heavy atom. The minimum Gasteiger partial charge on any atom is -0.312 e. The molecular formula is C9H8ClN. The lowest BCUT2D eigenvalue weighted by atomic mass is 10.1. The van der Waals surface area contributed by atoms with Crippen LogP contribution < -0.4 is 0 Å². The van der Waals surface area contributed by atoms with Crippen LogP contribution in [0, 0.1) is 13.5 Å². The summed E-state index contributed by atoms with van der Waals surface area (Å²) in [4.78, 5) is 3.27. The van der Waals surface area contributed by atoms with Gasteiger partial charge in [0.2, 0.25) is 6.54 Å². The SMILES string of the molecule is [C-]#[N+]Cc1cc(C)ccc1Cl. The summed E-state index contributed by atoms with van der Waals surface area (Å²) in [6.07, 6.45) is 0. The minimum atomic E-state index is 0.376. The van der Waals surface area contributed by atoms with Gasteiger partial charge in [0.1, 0.15) is 0 Å². The van der Waals surface area contributed by atoms with Crippen molar-refractivity contribution in [2.75, 3.05) is 0 Å². The van der Waals surface area contributed by atoms with Gasteiger partial charge in [0, 0.05) is 5.56 Å². The normalized spacial score (nSPS) is 9.18. The molecule has 0 saturated carbocycles. The zero-order chi connectivity index (χ0) is 8.27. The molecule has 0 bridgehead atoms. The van der Waals surface area contributed by atoms with Crippen molar-refractivity contribution in [3.63, 3.8) is 0 Å². The number of rotatable bonds is 1. The van der Waals surface area contributed by atoms with Crippen LogP contribution in [0.3, 0.4) is 0 Å². The molecule has 0 fully saturated rings. The van der Waals surface area contributed by atoms with E-state index in [9.17, 15) is 0 Å². The van der Waals surface area contributed by atoms with Gasteiger partial charge in [-0.2, -0.15) is 0 Å². The van der Waals surface area contributed by atoms with Crippen LogP contribution in [-0.2, 0) is 6.54 Å². The Morgan fingerprint density at radius 2 is 2.27 bits per heavy atom. The van der Waals surface area contributed by atoms with E-state index in [1.807, 2.05) is 25.1 Å². The second-order valence-electron chi connectivity index (χ2n) is 2.41. The first-order chi connectivity index (χ1) is 5.24. The van der Waals surface area contributed by atoms with Gasteiger partial charge in [0.05, 0.1) is 5.02 Å². The first-order valence-corrected chi connectivity index (χ1v) is 3.70. The van der Waals surface area contributed by atoms with E-state index >= 15 is 0 Å². The highest BCUT2D eigenvalue weighted by atomic mass is 35.5. The molecule has 0 saturated heterocycles. The van der Waals surface area contributed by atoms with E-state index < -0.39 is 0 Å². The number of benzene rings is 1. The van der Waals surface area contributed by atoms with Gasteiger partial charge >= 0.3 is 0 Å². The van der Waals surface area contributed by atoms with Gasteiger partial charge in [-0.25, -0.2) is 6.57 Å². The van der Waals surface area contributed by atoms with E-state index in [0.29, 0.717) is 11.6 Å². The summed E-state index contributed by atoms with van der Waals surface area (Å²) < 4.78 is 0. The fraction of sp³-hybridized carbons (Fsp3) is 0.222. The van der Waals surface area contributed by atoms with Crippen LogP contribution in [0.5, 0.6) is 0 Å². The maximum atomic E-state index is 6.67. The topological polar surface area (TPSA) is 4.36 Å². The van der Waals surface area contributed by atoms with Crippen LogP contribution in [0.2, 0.25) is 5.02 Å². The highest BCUT2D eigenvalue weighted by Crippen LogP contribution is 2.17. The van der Waals surface area contributed by atoms with Gasteiger partial charge < -0.3 is 4.85 Å². The van der Waals surface area contributed by atoms with Crippen LogP contribution in [0.25, 0.3) is 4.85 Å². The van der Waals surface area contributed by atoms with E-state index in [0.717, 1.165) is 11.1 Å². The average Bonchev–Trinajstić information content (AvgIpc) is 1.98. The Hall–Kier alpha value is -1.00. The molecule has 0 aromatic heterocycles. The molecule has 0 radical (unpaired) electrons. The summed E-state index contributed by atoms with van der Waals surface area (Å²) >= 11 is 5.83. The van der Waals surface area contributed by atoms with Gasteiger partial charge in [0.25, 0.3) is 0 Å². The molecule has 1 aromatic carbocycles. The maximum Gasteiger partial charge on any atom is 0.241 e. The quantitative estimate of drug-likeness (QED) is 0.564. The lowest BCUT2D eigenvalue weighted by Gasteiger charge is -1.97. The molecule has 0 atom stereocenters. The highest BCUT2D eigenvalue weighted by molar-refractivity contribution is 6.31. The van der Waals surface area contributed by atoms with E-state index in [4.69, 9.17) is 18.2 Å². The Morgan fingerprint density at radius 1 is 1.55 bits per heavy atom. The minimum absolute atomic E-state index is 0.376. The Labute approximate surface area is 71.4 Å². The standard InChI is InChI=1S/C9H8ClN/c1-7-3-4-9(10)8(5-7)6-11-2/h3-5H,6H2,1H3. The second kappa shape index (κ2) is 3.41. The monoisotopic (exact) mass is 165 g/mol. The molecule has 0 aliphatic heterocycles. The Bertz CT molecular complexity index is 299. The smallest absolute Gasteiger partial charge is 0.241 e. The molecule has 0 aliphatic carbocycles. The van der Waals surface area contributed by atoms with E-state index in [2.05, 4.69) is 4.85 Å². The van der Waals surface area contributed by atoms with Crippen molar-refractivity contribution in [3.8, 4) is 0 Å². The largest absolute Gasteiger partial charge is 0.312 e. The predicted molar refractivity (Wildman–Crippen MR) is 46.5 cm³/mol. The first kappa shape index (κ1) is 8.10. The molecule has 0 amide bonds. The molecule has 11 heavy (non-hydrogen) atoms. The zero-order valence-corrected chi connectivity index (χ0v) is 7.02. The molecule has 1 rings (SSSR count). The Balaban J connectivity index is 3.05. The third-order valence-corrected chi connectivity index (χ3v) is 1.82. The molecule has 1 nitrogen and oxygen atoms in total. The second-order valence-corrected chi connectivity index (χ2v) is 2.82. The summed E-state index contributed by atoms with van der Waals surface area (Å²) in [7, 11) is 0. The van der Waals surface area contributed by atoms with Gasteiger partial charge in [-0.15, -0.1) is 0 Å². The van der Waals surface area contributed by atoms with Crippen molar-refractivity contribution in [3.05, 3.63) is 45.8 Å². The third-order valence-electron chi connectivity index (χ3n) is 1.45. The average molecular weight is 166 g/mol. The molecule has 0 spiro atoms. The third kappa shape index (κ3) is 1.96. The van der Waals surface area contributed by atoms with Crippen molar-refractivity contribution in [1.82, 2.24) is 0 Å². The lowest BCUT2D eigenvalue weighted by Crippen LogP contribution is -1.82.